The number of carbonyl (C=O) groups is 1. The molecular weight excluding hydrogens is 228 g/mol. The first-order valence-corrected chi connectivity index (χ1v) is 5.18. The summed E-state index contributed by atoms with van der Waals surface area (Å²) in [6.45, 7) is 0. The maximum atomic E-state index is 11.0. The first-order valence-electron chi connectivity index (χ1n) is 5.18. The van der Waals surface area contributed by atoms with Gasteiger partial charge in [-0.15, -0.1) is 0 Å². The van der Waals surface area contributed by atoms with Gasteiger partial charge in [-0.1, -0.05) is 18.6 Å². The van der Waals surface area contributed by atoms with E-state index >= 15 is 0 Å². The van der Waals surface area contributed by atoms with Crippen molar-refractivity contribution in [1.82, 2.24) is 0 Å². The van der Waals surface area contributed by atoms with Gasteiger partial charge in [0.25, 0.3) is 0 Å². The van der Waals surface area contributed by atoms with Crippen molar-refractivity contribution in [2.24, 2.45) is 17.8 Å². The quantitative estimate of drug-likeness (QED) is 0.724. The second-order valence-electron chi connectivity index (χ2n) is 4.21. The molecule has 2 rings (SSSR count). The van der Waals surface area contributed by atoms with Gasteiger partial charge in [0, 0.05) is 0 Å². The van der Waals surface area contributed by atoms with Crippen LogP contribution in [0.25, 0.3) is 0 Å². The molecule has 0 aromatic carbocycles. The molecule has 1 N–H and O–H groups in total. The van der Waals surface area contributed by atoms with Crippen molar-refractivity contribution in [2.45, 2.75) is 32.1 Å². The lowest BCUT2D eigenvalue weighted by Crippen LogP contribution is -2.33. The highest BCUT2D eigenvalue weighted by Crippen LogP contribution is 2.40. The zero-order valence-electron chi connectivity index (χ0n) is 8.78. The minimum atomic E-state index is -0.579. The molecule has 0 aliphatic heterocycles. The Hall–Kier alpha value is -0.0900. The van der Waals surface area contributed by atoms with Crippen LogP contribution >= 0.6 is 27.0 Å². The molecule has 0 amide bonds. The second kappa shape index (κ2) is 6.48. The molecule has 2 aliphatic carbocycles. The summed E-state index contributed by atoms with van der Waals surface area (Å²) in [6.07, 6.45) is 9.79. The Kier molecular flexibility index (Phi) is 6.44. The maximum absolute atomic E-state index is 11.0. The Labute approximate surface area is 105 Å². The molecule has 2 aliphatic rings. The number of fused-ring (bicyclic) bond motifs is 1. The Morgan fingerprint density at radius 2 is 1.93 bits per heavy atom. The fourth-order valence-corrected chi connectivity index (χ4v) is 2.82. The zero-order chi connectivity index (χ0) is 9.26. The van der Waals surface area contributed by atoms with Crippen LogP contribution in [0.5, 0.6) is 0 Å². The summed E-state index contributed by atoms with van der Waals surface area (Å²) in [5.74, 6) is 0.341. The molecule has 2 nitrogen and oxygen atoms in total. The summed E-state index contributed by atoms with van der Waals surface area (Å²) in [6, 6.07) is 0. The number of allylic oxidation sites excluding steroid dienone is 2. The molecule has 15 heavy (non-hydrogen) atoms. The summed E-state index contributed by atoms with van der Waals surface area (Å²) in [5.41, 5.74) is 0. The molecule has 0 radical (unpaired) electrons. The van der Waals surface area contributed by atoms with E-state index in [1.54, 1.807) is 0 Å². The van der Waals surface area contributed by atoms with E-state index in [-0.39, 0.29) is 32.9 Å². The van der Waals surface area contributed by atoms with Gasteiger partial charge in [-0.25, -0.2) is 0 Å². The molecule has 0 bridgehead atoms. The molecule has 3 atom stereocenters. The number of aliphatic carboxylic acids is 1. The SMILES string of the molecule is O=C(O)C1CCCC2C=CCCC21.S.S. The predicted molar refractivity (Wildman–Crippen MR) is 71.1 cm³/mol. The van der Waals surface area contributed by atoms with E-state index in [4.69, 9.17) is 5.11 Å². The highest BCUT2D eigenvalue weighted by Gasteiger charge is 2.36. The average Bonchev–Trinajstić information content (AvgIpc) is 2.17. The highest BCUT2D eigenvalue weighted by molar-refractivity contribution is 7.59. The molecule has 1 fully saturated rings. The van der Waals surface area contributed by atoms with Crippen LogP contribution in [-0.2, 0) is 4.79 Å². The lowest BCUT2D eigenvalue weighted by Gasteiger charge is -2.36. The zero-order valence-corrected chi connectivity index (χ0v) is 10.8. The Morgan fingerprint density at radius 3 is 2.60 bits per heavy atom. The molecule has 0 spiro atoms. The summed E-state index contributed by atoms with van der Waals surface area (Å²) in [5, 5.41) is 9.05. The van der Waals surface area contributed by atoms with Gasteiger partial charge in [0.05, 0.1) is 5.92 Å². The summed E-state index contributed by atoms with van der Waals surface area (Å²) in [4.78, 5) is 11.0. The lowest BCUT2D eigenvalue weighted by molar-refractivity contribution is -0.145. The van der Waals surface area contributed by atoms with Gasteiger partial charge in [-0.05, 0) is 37.5 Å². The van der Waals surface area contributed by atoms with Gasteiger partial charge in [0.2, 0.25) is 0 Å². The highest BCUT2D eigenvalue weighted by atomic mass is 32.1. The van der Waals surface area contributed by atoms with Crippen molar-refractivity contribution >= 4 is 33.0 Å². The third-order valence-corrected chi connectivity index (χ3v) is 3.49. The van der Waals surface area contributed by atoms with Crippen LogP contribution in [0, 0.1) is 17.8 Å². The molecule has 0 aromatic rings. The average molecular weight is 248 g/mol. The smallest absolute Gasteiger partial charge is 0.306 e. The Morgan fingerprint density at radius 1 is 1.20 bits per heavy atom. The topological polar surface area (TPSA) is 37.3 Å². The standard InChI is InChI=1S/C11H16O2.2H2S/c12-11(13)10-7-3-5-8-4-1-2-6-9(8)10;;/h1,4,8-10H,2-3,5-7H2,(H,12,13);2*1H2. The molecule has 4 heteroatoms. The van der Waals surface area contributed by atoms with Crippen LogP contribution < -0.4 is 0 Å². The van der Waals surface area contributed by atoms with Crippen LogP contribution in [0.1, 0.15) is 32.1 Å². The van der Waals surface area contributed by atoms with Crippen LogP contribution in [0.4, 0.5) is 0 Å². The molecule has 3 unspecified atom stereocenters. The Balaban J connectivity index is 0.000000980. The van der Waals surface area contributed by atoms with E-state index in [0.29, 0.717) is 11.8 Å². The van der Waals surface area contributed by atoms with Crippen LogP contribution in [0.3, 0.4) is 0 Å². The normalized spacial score (nSPS) is 33.2. The van der Waals surface area contributed by atoms with Crippen molar-refractivity contribution in [1.29, 1.82) is 0 Å². The van der Waals surface area contributed by atoms with Crippen molar-refractivity contribution in [3.63, 3.8) is 0 Å². The lowest BCUT2D eigenvalue weighted by atomic mass is 9.68. The van der Waals surface area contributed by atoms with Crippen molar-refractivity contribution < 1.29 is 9.90 Å². The van der Waals surface area contributed by atoms with E-state index in [0.717, 1.165) is 25.7 Å². The predicted octanol–water partition coefficient (Wildman–Crippen LogP) is 2.68. The molecule has 0 saturated heterocycles. The summed E-state index contributed by atoms with van der Waals surface area (Å²) in [7, 11) is 0. The van der Waals surface area contributed by atoms with Gasteiger partial charge in [0.1, 0.15) is 0 Å². The fourth-order valence-electron chi connectivity index (χ4n) is 2.82. The fraction of sp³-hybridized carbons (Fsp3) is 0.727. The first-order chi connectivity index (χ1) is 6.29. The number of carboxylic acids is 1. The minimum Gasteiger partial charge on any atom is -0.481 e. The van der Waals surface area contributed by atoms with Gasteiger partial charge in [-0.2, -0.15) is 27.0 Å². The maximum Gasteiger partial charge on any atom is 0.306 e. The minimum absolute atomic E-state index is 0. The molecule has 1 saturated carbocycles. The monoisotopic (exact) mass is 248 g/mol. The van der Waals surface area contributed by atoms with Crippen LogP contribution in [-0.4, -0.2) is 11.1 Å². The number of rotatable bonds is 1. The van der Waals surface area contributed by atoms with E-state index in [9.17, 15) is 4.79 Å². The van der Waals surface area contributed by atoms with E-state index < -0.39 is 5.97 Å². The number of hydrogen-bond acceptors (Lipinski definition) is 1. The summed E-state index contributed by atoms with van der Waals surface area (Å²) < 4.78 is 0. The van der Waals surface area contributed by atoms with Gasteiger partial charge >= 0.3 is 5.97 Å². The Bertz CT molecular complexity index is 241. The van der Waals surface area contributed by atoms with Crippen LogP contribution in [0.15, 0.2) is 12.2 Å². The largest absolute Gasteiger partial charge is 0.481 e. The molecule has 0 heterocycles. The van der Waals surface area contributed by atoms with E-state index in [1.807, 2.05) is 0 Å². The van der Waals surface area contributed by atoms with Gasteiger partial charge in [0.15, 0.2) is 0 Å². The van der Waals surface area contributed by atoms with Crippen LogP contribution in [0.2, 0.25) is 0 Å². The van der Waals surface area contributed by atoms with Gasteiger partial charge in [-0.3, -0.25) is 4.79 Å². The number of carboxylic acid groups (broad SMARTS) is 1. The third kappa shape index (κ3) is 3.18. The third-order valence-electron chi connectivity index (χ3n) is 3.49. The number of hydrogen-bond donors (Lipinski definition) is 1. The van der Waals surface area contributed by atoms with Crippen molar-refractivity contribution in [2.75, 3.05) is 0 Å². The van der Waals surface area contributed by atoms with Gasteiger partial charge < -0.3 is 5.11 Å². The first kappa shape index (κ1) is 14.9. The van der Waals surface area contributed by atoms with E-state index in [1.165, 1.54) is 6.42 Å². The molecule has 0 aromatic heterocycles. The molecule has 88 valence electrons. The van der Waals surface area contributed by atoms with Crippen molar-refractivity contribution in [3.8, 4) is 0 Å². The second-order valence-corrected chi connectivity index (χ2v) is 4.21. The van der Waals surface area contributed by atoms with E-state index in [2.05, 4.69) is 12.2 Å². The molecular formula is C11H20O2S2. The van der Waals surface area contributed by atoms with Crippen molar-refractivity contribution in [3.05, 3.63) is 12.2 Å². The summed E-state index contributed by atoms with van der Waals surface area (Å²) >= 11 is 0.